The fourth-order valence-corrected chi connectivity index (χ4v) is 4.56. The number of amides is 1. The van der Waals surface area contributed by atoms with Gasteiger partial charge in [0.25, 0.3) is 5.88 Å². The molecule has 34 heavy (non-hydrogen) atoms. The number of rotatable bonds is 7. The molecule has 8 heteroatoms. The molecule has 0 saturated heterocycles. The molecule has 0 unspecified atom stereocenters. The molecule has 0 aliphatic heterocycles. The first-order chi connectivity index (χ1) is 16.6. The topological polar surface area (TPSA) is 82.6 Å². The van der Waals surface area contributed by atoms with Crippen LogP contribution in [0.15, 0.2) is 72.8 Å². The number of thiazole rings is 1. The Labute approximate surface area is 200 Å². The maximum atomic E-state index is 12.4. The summed E-state index contributed by atoms with van der Waals surface area (Å²) >= 11 is 1.39. The highest BCUT2D eigenvalue weighted by Crippen LogP contribution is 2.44. The summed E-state index contributed by atoms with van der Waals surface area (Å²) in [5, 5.41) is 4.24. The molecule has 0 aliphatic rings. The summed E-state index contributed by atoms with van der Waals surface area (Å²) in [5.41, 5.74) is 2.46. The van der Waals surface area contributed by atoms with Crippen molar-refractivity contribution in [3.8, 4) is 23.1 Å². The number of methoxy groups -OCH3 is 2. The number of carbonyl (C=O) groups excluding carboxylic acids is 1. The summed E-state index contributed by atoms with van der Waals surface area (Å²) < 4.78 is 18.1. The Bertz CT molecular complexity index is 1480. The van der Waals surface area contributed by atoms with Gasteiger partial charge in [-0.05, 0) is 29.8 Å². The second-order valence-electron chi connectivity index (χ2n) is 7.46. The standard InChI is InChI=1S/C26H21N3O4S/c1-31-24-23(18-10-6-7-11-19(18)27-25(24)32-2)33-17-12-13-20-21(15-17)34-26(28-20)29-22(30)14-16-8-4-3-5-9-16/h3-13,15H,14H2,1-2H3,(H,28,29,30). The van der Waals surface area contributed by atoms with Crippen molar-refractivity contribution in [1.82, 2.24) is 9.97 Å². The van der Waals surface area contributed by atoms with Crippen LogP contribution in [0, 0.1) is 0 Å². The molecule has 0 aliphatic carbocycles. The number of fused-ring (bicyclic) bond motifs is 2. The Hall–Kier alpha value is -4.17. The van der Waals surface area contributed by atoms with Gasteiger partial charge < -0.3 is 19.5 Å². The number of anilines is 1. The average Bonchev–Trinajstić information content (AvgIpc) is 3.25. The van der Waals surface area contributed by atoms with Crippen LogP contribution in [0.25, 0.3) is 21.1 Å². The summed E-state index contributed by atoms with van der Waals surface area (Å²) in [6.07, 6.45) is 0.294. The van der Waals surface area contributed by atoms with Gasteiger partial charge in [0.2, 0.25) is 11.7 Å². The van der Waals surface area contributed by atoms with E-state index in [1.165, 1.54) is 11.3 Å². The van der Waals surface area contributed by atoms with Crippen LogP contribution in [0.4, 0.5) is 5.13 Å². The monoisotopic (exact) mass is 471 g/mol. The molecule has 1 N–H and O–H groups in total. The number of ether oxygens (including phenoxy) is 3. The van der Waals surface area contributed by atoms with E-state index in [2.05, 4.69) is 15.3 Å². The van der Waals surface area contributed by atoms with Crippen molar-refractivity contribution in [1.29, 1.82) is 0 Å². The van der Waals surface area contributed by atoms with Gasteiger partial charge in [-0.1, -0.05) is 53.8 Å². The maximum absolute atomic E-state index is 12.4. The minimum Gasteiger partial charge on any atom is -0.489 e. The lowest BCUT2D eigenvalue weighted by Crippen LogP contribution is -2.13. The number of nitrogens with zero attached hydrogens (tertiary/aromatic N) is 2. The Morgan fingerprint density at radius 3 is 2.47 bits per heavy atom. The van der Waals surface area contributed by atoms with E-state index >= 15 is 0 Å². The van der Waals surface area contributed by atoms with Crippen LogP contribution in [0.1, 0.15) is 5.56 Å². The first-order valence-electron chi connectivity index (χ1n) is 10.6. The molecule has 7 nitrogen and oxygen atoms in total. The summed E-state index contributed by atoms with van der Waals surface area (Å²) in [6.45, 7) is 0. The highest BCUT2D eigenvalue weighted by atomic mass is 32.1. The number of para-hydroxylation sites is 1. The SMILES string of the molecule is COc1nc2ccccc2c(Oc2ccc3nc(NC(=O)Cc4ccccc4)sc3c2)c1OC. The number of pyridine rings is 1. The van der Waals surface area contributed by atoms with Crippen molar-refractivity contribution >= 4 is 43.5 Å². The molecule has 5 aromatic rings. The van der Waals surface area contributed by atoms with Crippen LogP contribution in [0.5, 0.6) is 23.1 Å². The van der Waals surface area contributed by atoms with Crippen LogP contribution < -0.4 is 19.5 Å². The summed E-state index contributed by atoms with van der Waals surface area (Å²) in [7, 11) is 3.10. The van der Waals surface area contributed by atoms with E-state index in [9.17, 15) is 4.79 Å². The van der Waals surface area contributed by atoms with E-state index in [1.54, 1.807) is 14.2 Å². The Kier molecular flexibility index (Phi) is 5.97. The van der Waals surface area contributed by atoms with Gasteiger partial charge >= 0.3 is 0 Å². The molecule has 5 rings (SSSR count). The highest BCUT2D eigenvalue weighted by molar-refractivity contribution is 7.22. The zero-order valence-corrected chi connectivity index (χ0v) is 19.4. The lowest BCUT2D eigenvalue weighted by molar-refractivity contribution is -0.115. The van der Waals surface area contributed by atoms with Crippen LogP contribution in [-0.4, -0.2) is 30.1 Å². The number of carbonyl (C=O) groups is 1. The number of hydrogen-bond donors (Lipinski definition) is 1. The molecule has 3 aromatic carbocycles. The first-order valence-corrected chi connectivity index (χ1v) is 11.4. The zero-order chi connectivity index (χ0) is 23.5. The quantitative estimate of drug-likeness (QED) is 0.321. The van der Waals surface area contributed by atoms with Gasteiger partial charge in [-0.3, -0.25) is 4.79 Å². The molecule has 0 saturated carbocycles. The van der Waals surface area contributed by atoms with Gasteiger partial charge in [0.15, 0.2) is 10.9 Å². The summed E-state index contributed by atoms with van der Waals surface area (Å²) in [5.74, 6) is 1.78. The molecule has 0 fully saturated rings. The van der Waals surface area contributed by atoms with Gasteiger partial charge in [-0.25, -0.2) is 9.97 Å². The Morgan fingerprint density at radius 2 is 1.68 bits per heavy atom. The number of nitrogens with one attached hydrogen (secondary N) is 1. The minimum atomic E-state index is -0.109. The van der Waals surface area contributed by atoms with Crippen molar-refractivity contribution in [3.05, 3.63) is 78.4 Å². The van der Waals surface area contributed by atoms with Gasteiger partial charge in [0, 0.05) is 11.5 Å². The maximum Gasteiger partial charge on any atom is 0.261 e. The van der Waals surface area contributed by atoms with Crippen molar-refractivity contribution in [2.45, 2.75) is 6.42 Å². The van der Waals surface area contributed by atoms with E-state index in [4.69, 9.17) is 14.2 Å². The van der Waals surface area contributed by atoms with Gasteiger partial charge in [0.05, 0.1) is 36.4 Å². The number of hydrogen-bond acceptors (Lipinski definition) is 7. The third-order valence-electron chi connectivity index (χ3n) is 5.20. The number of benzene rings is 3. The van der Waals surface area contributed by atoms with Crippen LogP contribution in [-0.2, 0) is 11.2 Å². The summed E-state index contributed by atoms with van der Waals surface area (Å²) in [4.78, 5) is 21.5. The first kappa shape index (κ1) is 21.7. The lowest BCUT2D eigenvalue weighted by Gasteiger charge is -2.15. The molecule has 2 heterocycles. The molecule has 0 radical (unpaired) electrons. The molecule has 170 valence electrons. The van der Waals surface area contributed by atoms with E-state index in [1.807, 2.05) is 72.8 Å². The lowest BCUT2D eigenvalue weighted by atomic mass is 10.1. The fraction of sp³-hybridized carbons (Fsp3) is 0.115. The van der Waals surface area contributed by atoms with Gasteiger partial charge in [0.1, 0.15) is 5.75 Å². The molecule has 2 aromatic heterocycles. The van der Waals surface area contributed by atoms with E-state index in [0.29, 0.717) is 34.7 Å². The predicted molar refractivity (Wildman–Crippen MR) is 133 cm³/mol. The van der Waals surface area contributed by atoms with Crippen LogP contribution >= 0.6 is 11.3 Å². The molecule has 0 spiro atoms. The molecule has 0 bridgehead atoms. The third-order valence-corrected chi connectivity index (χ3v) is 6.14. The average molecular weight is 472 g/mol. The fourth-order valence-electron chi connectivity index (χ4n) is 3.65. The van der Waals surface area contributed by atoms with Crippen LogP contribution in [0.2, 0.25) is 0 Å². The molecule has 1 amide bonds. The highest BCUT2D eigenvalue weighted by Gasteiger charge is 2.19. The minimum absolute atomic E-state index is 0.109. The van der Waals surface area contributed by atoms with E-state index in [0.717, 1.165) is 26.7 Å². The number of aromatic nitrogens is 2. The largest absolute Gasteiger partial charge is 0.489 e. The molecule has 0 atom stereocenters. The second kappa shape index (κ2) is 9.36. The normalized spacial score (nSPS) is 10.9. The third kappa shape index (κ3) is 4.35. The van der Waals surface area contributed by atoms with E-state index in [-0.39, 0.29) is 5.91 Å². The Balaban J connectivity index is 1.42. The van der Waals surface area contributed by atoms with Gasteiger partial charge in [-0.2, -0.15) is 0 Å². The van der Waals surface area contributed by atoms with Crippen LogP contribution in [0.3, 0.4) is 0 Å². The Morgan fingerprint density at radius 1 is 0.882 bits per heavy atom. The molecular formula is C26H21N3O4S. The molecular weight excluding hydrogens is 450 g/mol. The second-order valence-corrected chi connectivity index (χ2v) is 8.49. The van der Waals surface area contributed by atoms with E-state index < -0.39 is 0 Å². The zero-order valence-electron chi connectivity index (χ0n) is 18.6. The van der Waals surface area contributed by atoms with Crippen molar-refractivity contribution in [2.75, 3.05) is 19.5 Å². The smallest absolute Gasteiger partial charge is 0.261 e. The predicted octanol–water partition coefficient (Wildman–Crippen LogP) is 5.84. The van der Waals surface area contributed by atoms with Crippen molar-refractivity contribution in [2.24, 2.45) is 0 Å². The van der Waals surface area contributed by atoms with Crippen molar-refractivity contribution < 1.29 is 19.0 Å². The van der Waals surface area contributed by atoms with Gasteiger partial charge in [-0.15, -0.1) is 0 Å². The van der Waals surface area contributed by atoms with Crippen molar-refractivity contribution in [3.63, 3.8) is 0 Å². The summed E-state index contributed by atoms with van der Waals surface area (Å²) in [6, 6.07) is 22.8.